The first-order valence-corrected chi connectivity index (χ1v) is 12.0. The van der Waals surface area contributed by atoms with E-state index in [-0.39, 0.29) is 11.7 Å². The molecule has 0 spiro atoms. The molecule has 1 aromatic heterocycles. The number of hydrogen-bond acceptors (Lipinski definition) is 4. The van der Waals surface area contributed by atoms with Crippen LogP contribution in [0.1, 0.15) is 21.7 Å². The van der Waals surface area contributed by atoms with Crippen molar-refractivity contribution in [1.82, 2.24) is 14.5 Å². The number of fused-ring (bicyclic) bond motifs is 1. The summed E-state index contributed by atoms with van der Waals surface area (Å²) in [6.07, 6.45) is 0.854. The van der Waals surface area contributed by atoms with Crippen molar-refractivity contribution >= 4 is 28.3 Å². The lowest BCUT2D eigenvalue weighted by molar-refractivity contribution is 0.102. The minimum Gasteiger partial charge on any atom is -0.369 e. The molecular weight excluding hydrogens is 441 g/mol. The Morgan fingerprint density at radius 2 is 1.69 bits per heavy atom. The van der Waals surface area contributed by atoms with Crippen LogP contribution in [-0.4, -0.2) is 53.1 Å². The van der Waals surface area contributed by atoms with Crippen LogP contribution in [-0.2, 0) is 13.5 Å². The van der Waals surface area contributed by atoms with Gasteiger partial charge in [0.15, 0.2) is 0 Å². The van der Waals surface area contributed by atoms with Gasteiger partial charge in [0.05, 0.1) is 11.0 Å². The number of amides is 1. The number of nitrogens with zero attached hydrogens (tertiary/aromatic N) is 4. The molecule has 0 unspecified atom stereocenters. The summed E-state index contributed by atoms with van der Waals surface area (Å²) in [5.74, 6) is 0.707. The largest absolute Gasteiger partial charge is 0.369 e. The van der Waals surface area contributed by atoms with Gasteiger partial charge in [-0.1, -0.05) is 17.7 Å². The van der Waals surface area contributed by atoms with Gasteiger partial charge in [0.1, 0.15) is 11.6 Å². The highest BCUT2D eigenvalue weighted by molar-refractivity contribution is 6.05. The fourth-order valence-electron chi connectivity index (χ4n) is 4.60. The number of anilines is 2. The molecule has 1 saturated heterocycles. The quantitative estimate of drug-likeness (QED) is 0.445. The molecule has 7 heteroatoms. The highest BCUT2D eigenvalue weighted by Gasteiger charge is 2.18. The summed E-state index contributed by atoms with van der Waals surface area (Å²) in [5.41, 5.74) is 5.51. The maximum atomic E-state index is 13.2. The second-order valence-electron chi connectivity index (χ2n) is 9.17. The van der Waals surface area contributed by atoms with E-state index < -0.39 is 0 Å². The van der Waals surface area contributed by atoms with Gasteiger partial charge < -0.3 is 14.8 Å². The van der Waals surface area contributed by atoms with Crippen molar-refractivity contribution in [1.29, 1.82) is 0 Å². The van der Waals surface area contributed by atoms with Gasteiger partial charge in [0, 0.05) is 63.1 Å². The van der Waals surface area contributed by atoms with Crippen LogP contribution in [0, 0.1) is 12.7 Å². The van der Waals surface area contributed by atoms with Crippen molar-refractivity contribution in [2.24, 2.45) is 7.05 Å². The molecule has 1 aliphatic heterocycles. The number of imidazole rings is 1. The maximum Gasteiger partial charge on any atom is 0.255 e. The molecule has 180 valence electrons. The molecule has 4 aromatic rings. The second kappa shape index (κ2) is 9.88. The molecule has 2 heterocycles. The summed E-state index contributed by atoms with van der Waals surface area (Å²) < 4.78 is 15.3. The highest BCUT2D eigenvalue weighted by Crippen LogP contribution is 2.22. The van der Waals surface area contributed by atoms with E-state index in [9.17, 15) is 9.18 Å². The number of piperazine rings is 1. The van der Waals surface area contributed by atoms with Gasteiger partial charge in [-0.2, -0.15) is 0 Å². The zero-order chi connectivity index (χ0) is 24.4. The molecule has 5 rings (SSSR count). The van der Waals surface area contributed by atoms with Crippen LogP contribution in [0.25, 0.3) is 11.0 Å². The Balaban J connectivity index is 1.19. The third-order valence-corrected chi connectivity index (χ3v) is 6.76. The van der Waals surface area contributed by atoms with Crippen LogP contribution in [0.15, 0.2) is 66.7 Å². The lowest BCUT2D eigenvalue weighted by Gasteiger charge is -2.36. The number of hydrogen-bond donors (Lipinski definition) is 1. The molecule has 1 amide bonds. The highest BCUT2D eigenvalue weighted by atomic mass is 19.1. The second-order valence-corrected chi connectivity index (χ2v) is 9.17. The van der Waals surface area contributed by atoms with Crippen LogP contribution in [0.5, 0.6) is 0 Å². The molecule has 0 saturated carbocycles. The topological polar surface area (TPSA) is 53.4 Å². The predicted molar refractivity (Wildman–Crippen MR) is 139 cm³/mol. The monoisotopic (exact) mass is 471 g/mol. The average molecular weight is 472 g/mol. The Morgan fingerprint density at radius 3 is 2.40 bits per heavy atom. The third kappa shape index (κ3) is 5.20. The molecule has 1 aliphatic rings. The Labute approximate surface area is 205 Å². The van der Waals surface area contributed by atoms with Gasteiger partial charge in [-0.3, -0.25) is 9.69 Å². The van der Waals surface area contributed by atoms with Crippen molar-refractivity contribution in [2.45, 2.75) is 13.3 Å². The summed E-state index contributed by atoms with van der Waals surface area (Å²) >= 11 is 0. The van der Waals surface area contributed by atoms with E-state index in [0.29, 0.717) is 5.56 Å². The van der Waals surface area contributed by atoms with Gasteiger partial charge in [-0.05, 0) is 61.5 Å². The van der Waals surface area contributed by atoms with E-state index in [1.54, 1.807) is 0 Å². The minimum atomic E-state index is -0.199. The summed E-state index contributed by atoms with van der Waals surface area (Å²) in [7, 11) is 2.04. The molecule has 0 atom stereocenters. The standard InChI is InChI=1S/C28H30FN5O/c1-20-3-5-21(6-4-20)28(35)30-23-9-12-26-25(19-23)31-27(32(26)2)13-14-33-15-17-34(18-16-33)24-10-7-22(29)8-11-24/h3-12,19H,13-18H2,1-2H3,(H,30,35). The Morgan fingerprint density at radius 1 is 0.971 bits per heavy atom. The van der Waals surface area contributed by atoms with Gasteiger partial charge in [0.25, 0.3) is 5.91 Å². The third-order valence-electron chi connectivity index (χ3n) is 6.76. The number of halogens is 1. The van der Waals surface area contributed by atoms with Gasteiger partial charge in [0.2, 0.25) is 0 Å². The van der Waals surface area contributed by atoms with Crippen LogP contribution >= 0.6 is 0 Å². The predicted octanol–water partition coefficient (Wildman–Crippen LogP) is 4.64. The van der Waals surface area contributed by atoms with Crippen molar-refractivity contribution in [2.75, 3.05) is 42.9 Å². The fourth-order valence-corrected chi connectivity index (χ4v) is 4.60. The van der Waals surface area contributed by atoms with Gasteiger partial charge in [-0.15, -0.1) is 0 Å². The molecular formula is C28H30FN5O. The van der Waals surface area contributed by atoms with E-state index >= 15 is 0 Å². The van der Waals surface area contributed by atoms with Crippen LogP contribution in [0.3, 0.4) is 0 Å². The first-order chi connectivity index (χ1) is 17.0. The van der Waals surface area contributed by atoms with Crippen molar-refractivity contribution < 1.29 is 9.18 Å². The van der Waals surface area contributed by atoms with E-state index in [0.717, 1.165) is 72.9 Å². The Hall–Kier alpha value is -3.71. The molecule has 1 fully saturated rings. The zero-order valence-corrected chi connectivity index (χ0v) is 20.2. The Bertz CT molecular complexity index is 1320. The summed E-state index contributed by atoms with van der Waals surface area (Å²) in [4.78, 5) is 22.2. The average Bonchev–Trinajstić information content (AvgIpc) is 3.18. The molecule has 0 aliphatic carbocycles. The summed E-state index contributed by atoms with van der Waals surface area (Å²) in [6, 6.07) is 20.2. The van der Waals surface area contributed by atoms with Crippen LogP contribution < -0.4 is 10.2 Å². The lowest BCUT2D eigenvalue weighted by atomic mass is 10.1. The van der Waals surface area contributed by atoms with Crippen molar-refractivity contribution in [3.05, 3.63) is 89.5 Å². The van der Waals surface area contributed by atoms with E-state index in [1.165, 1.54) is 12.1 Å². The first-order valence-electron chi connectivity index (χ1n) is 12.0. The molecule has 3 aromatic carbocycles. The number of benzene rings is 3. The molecule has 35 heavy (non-hydrogen) atoms. The van der Waals surface area contributed by atoms with E-state index in [2.05, 4.69) is 19.7 Å². The number of nitrogens with one attached hydrogen (secondary N) is 1. The van der Waals surface area contributed by atoms with Crippen molar-refractivity contribution in [3.8, 4) is 0 Å². The molecule has 6 nitrogen and oxygen atoms in total. The fraction of sp³-hybridized carbons (Fsp3) is 0.286. The molecule has 0 radical (unpaired) electrons. The number of aromatic nitrogens is 2. The normalized spacial score (nSPS) is 14.4. The molecule has 0 bridgehead atoms. The zero-order valence-electron chi connectivity index (χ0n) is 20.2. The van der Waals surface area contributed by atoms with Gasteiger partial charge in [-0.25, -0.2) is 9.37 Å². The van der Waals surface area contributed by atoms with Crippen LogP contribution in [0.2, 0.25) is 0 Å². The van der Waals surface area contributed by atoms with Crippen LogP contribution in [0.4, 0.5) is 15.8 Å². The lowest BCUT2D eigenvalue weighted by Crippen LogP contribution is -2.47. The van der Waals surface area contributed by atoms with E-state index in [4.69, 9.17) is 4.98 Å². The Kier molecular flexibility index (Phi) is 6.51. The SMILES string of the molecule is Cc1ccc(C(=O)Nc2ccc3c(c2)nc(CCN2CCN(c4ccc(F)cc4)CC2)n3C)cc1. The maximum absolute atomic E-state index is 13.2. The molecule has 1 N–H and O–H groups in total. The van der Waals surface area contributed by atoms with E-state index in [1.807, 2.05) is 68.6 Å². The summed E-state index contributed by atoms with van der Waals surface area (Å²) in [6.45, 7) is 6.73. The number of aryl methyl sites for hydroxylation is 2. The minimum absolute atomic E-state index is 0.125. The number of carbonyl (C=O) groups is 1. The first kappa shape index (κ1) is 23.1. The van der Waals surface area contributed by atoms with Crippen molar-refractivity contribution in [3.63, 3.8) is 0 Å². The number of rotatable bonds is 6. The smallest absolute Gasteiger partial charge is 0.255 e. The number of carbonyl (C=O) groups excluding carboxylic acids is 1. The van der Waals surface area contributed by atoms with Gasteiger partial charge >= 0.3 is 0 Å². The summed E-state index contributed by atoms with van der Waals surface area (Å²) in [5, 5.41) is 2.98.